The van der Waals surface area contributed by atoms with Gasteiger partial charge in [0.2, 0.25) is 0 Å². The van der Waals surface area contributed by atoms with Gasteiger partial charge in [0, 0.05) is 19.1 Å². The fourth-order valence-corrected chi connectivity index (χ4v) is 3.49. The van der Waals surface area contributed by atoms with Crippen LogP contribution < -0.4 is 5.32 Å². The molecule has 3 atom stereocenters. The lowest BCUT2D eigenvalue weighted by molar-refractivity contribution is -0.0386. The summed E-state index contributed by atoms with van der Waals surface area (Å²) < 4.78 is 5.85. The van der Waals surface area contributed by atoms with E-state index in [9.17, 15) is 5.26 Å². The van der Waals surface area contributed by atoms with Crippen molar-refractivity contribution in [2.75, 3.05) is 19.6 Å². The highest BCUT2D eigenvalue weighted by Crippen LogP contribution is 2.26. The average Bonchev–Trinajstić information content (AvgIpc) is 2.73. The van der Waals surface area contributed by atoms with E-state index in [2.05, 4.69) is 30.1 Å². The van der Waals surface area contributed by atoms with Gasteiger partial charge in [-0.25, -0.2) is 0 Å². The maximum Gasteiger partial charge on any atom is 0.104 e. The number of fused-ring (bicyclic) bond motifs is 2. The van der Waals surface area contributed by atoms with Crippen molar-refractivity contribution < 1.29 is 4.74 Å². The predicted molar refractivity (Wildman–Crippen MR) is 80.5 cm³/mol. The SMILES string of the molecule is CC(C)NC(C)(C#N)CCCCN1CC2CCC(C1)O2. The zero-order valence-corrected chi connectivity index (χ0v) is 13.2. The second-order valence-corrected chi connectivity index (χ2v) is 6.92. The third-order valence-electron chi connectivity index (χ3n) is 4.37. The van der Waals surface area contributed by atoms with Crippen LogP contribution in [0.2, 0.25) is 0 Å². The first-order valence-electron chi connectivity index (χ1n) is 8.07. The molecule has 3 unspecified atom stereocenters. The number of nitriles is 1. The van der Waals surface area contributed by atoms with Crippen LogP contribution in [0.4, 0.5) is 0 Å². The molecule has 0 spiro atoms. The molecule has 114 valence electrons. The molecule has 2 heterocycles. The Balaban J connectivity index is 1.65. The maximum atomic E-state index is 9.32. The fraction of sp³-hybridized carbons (Fsp3) is 0.938. The largest absolute Gasteiger partial charge is 0.372 e. The van der Waals surface area contributed by atoms with Gasteiger partial charge < -0.3 is 4.74 Å². The standard InChI is InChI=1S/C16H29N3O/c1-13(2)18-16(3,12-17)8-4-5-9-19-10-14-6-7-15(11-19)20-14/h13-15,18H,4-11H2,1-3H3. The maximum absolute atomic E-state index is 9.32. The number of rotatable bonds is 7. The molecular formula is C16H29N3O. The molecule has 0 saturated carbocycles. The van der Waals surface area contributed by atoms with Crippen molar-refractivity contribution in [2.45, 2.75) is 76.7 Å². The summed E-state index contributed by atoms with van der Waals surface area (Å²) >= 11 is 0. The quantitative estimate of drug-likeness (QED) is 0.727. The zero-order chi connectivity index (χ0) is 14.6. The molecule has 2 saturated heterocycles. The summed E-state index contributed by atoms with van der Waals surface area (Å²) in [6.07, 6.45) is 6.67. The molecule has 0 aromatic heterocycles. The molecule has 0 aromatic carbocycles. The van der Waals surface area contributed by atoms with Gasteiger partial charge in [0.25, 0.3) is 0 Å². The van der Waals surface area contributed by atoms with E-state index >= 15 is 0 Å². The summed E-state index contributed by atoms with van der Waals surface area (Å²) in [6.45, 7) is 9.58. The summed E-state index contributed by atoms with van der Waals surface area (Å²) in [7, 11) is 0. The summed E-state index contributed by atoms with van der Waals surface area (Å²) in [5.41, 5.74) is -0.377. The molecule has 2 aliphatic heterocycles. The van der Waals surface area contributed by atoms with Crippen LogP contribution in [-0.2, 0) is 4.74 Å². The molecule has 2 aliphatic rings. The topological polar surface area (TPSA) is 48.3 Å². The predicted octanol–water partition coefficient (Wildman–Crippen LogP) is 2.30. The van der Waals surface area contributed by atoms with Gasteiger partial charge in [-0.2, -0.15) is 5.26 Å². The van der Waals surface area contributed by atoms with Crippen LogP contribution in [0.3, 0.4) is 0 Å². The van der Waals surface area contributed by atoms with Gasteiger partial charge >= 0.3 is 0 Å². The monoisotopic (exact) mass is 279 g/mol. The van der Waals surface area contributed by atoms with Gasteiger partial charge in [-0.15, -0.1) is 0 Å². The van der Waals surface area contributed by atoms with E-state index in [1.165, 1.54) is 19.3 Å². The Morgan fingerprint density at radius 2 is 1.95 bits per heavy atom. The van der Waals surface area contributed by atoms with Crippen molar-refractivity contribution in [1.29, 1.82) is 5.26 Å². The first-order valence-corrected chi connectivity index (χ1v) is 8.07. The van der Waals surface area contributed by atoms with E-state index in [1.54, 1.807) is 0 Å². The van der Waals surface area contributed by atoms with E-state index in [0.29, 0.717) is 18.2 Å². The van der Waals surface area contributed by atoms with Gasteiger partial charge in [0.05, 0.1) is 18.3 Å². The number of unbranched alkanes of at least 4 members (excludes halogenated alkanes) is 1. The first-order chi connectivity index (χ1) is 9.50. The third kappa shape index (κ3) is 4.44. The van der Waals surface area contributed by atoms with Gasteiger partial charge in [0.1, 0.15) is 5.54 Å². The Morgan fingerprint density at radius 1 is 1.30 bits per heavy atom. The molecule has 0 radical (unpaired) electrons. The van der Waals surface area contributed by atoms with Crippen LogP contribution >= 0.6 is 0 Å². The molecule has 0 amide bonds. The molecule has 4 heteroatoms. The Kier molecular flexibility index (Phi) is 5.42. The van der Waals surface area contributed by atoms with Crippen molar-refractivity contribution in [3.63, 3.8) is 0 Å². The molecule has 2 fully saturated rings. The first kappa shape index (κ1) is 15.8. The Bertz CT molecular complexity index is 340. The molecule has 0 aliphatic carbocycles. The average molecular weight is 279 g/mol. The van der Waals surface area contributed by atoms with Gasteiger partial charge in [0.15, 0.2) is 0 Å². The lowest BCUT2D eigenvalue weighted by Crippen LogP contribution is -2.45. The lowest BCUT2D eigenvalue weighted by Gasteiger charge is -2.32. The number of hydrogen-bond acceptors (Lipinski definition) is 4. The minimum Gasteiger partial charge on any atom is -0.372 e. The van der Waals surface area contributed by atoms with Crippen molar-refractivity contribution in [3.05, 3.63) is 0 Å². The number of nitrogens with one attached hydrogen (secondary N) is 1. The minimum atomic E-state index is -0.377. The van der Waals surface area contributed by atoms with E-state index < -0.39 is 0 Å². The molecular weight excluding hydrogens is 250 g/mol. The van der Waals surface area contributed by atoms with E-state index in [0.717, 1.165) is 32.5 Å². The van der Waals surface area contributed by atoms with E-state index in [1.807, 2.05) is 6.92 Å². The number of hydrogen-bond donors (Lipinski definition) is 1. The van der Waals surface area contributed by atoms with Crippen molar-refractivity contribution in [1.82, 2.24) is 10.2 Å². The second-order valence-electron chi connectivity index (χ2n) is 6.92. The molecule has 0 aromatic rings. The van der Waals surface area contributed by atoms with Gasteiger partial charge in [-0.05, 0) is 59.4 Å². The Labute approximate surface area is 123 Å². The zero-order valence-electron chi connectivity index (χ0n) is 13.2. The van der Waals surface area contributed by atoms with Crippen molar-refractivity contribution in [3.8, 4) is 6.07 Å². The second kappa shape index (κ2) is 6.89. The summed E-state index contributed by atoms with van der Waals surface area (Å²) in [4.78, 5) is 2.55. The molecule has 20 heavy (non-hydrogen) atoms. The van der Waals surface area contributed by atoms with Crippen molar-refractivity contribution >= 4 is 0 Å². The van der Waals surface area contributed by atoms with Crippen molar-refractivity contribution in [2.24, 2.45) is 0 Å². The number of ether oxygens (including phenoxy) is 1. The van der Waals surface area contributed by atoms with E-state index in [4.69, 9.17) is 4.74 Å². The lowest BCUT2D eigenvalue weighted by atomic mass is 9.95. The highest BCUT2D eigenvalue weighted by Gasteiger charge is 2.33. The highest BCUT2D eigenvalue weighted by atomic mass is 16.5. The summed E-state index contributed by atoms with van der Waals surface area (Å²) in [5.74, 6) is 0. The Morgan fingerprint density at radius 3 is 2.50 bits per heavy atom. The molecule has 1 N–H and O–H groups in total. The van der Waals surface area contributed by atoms with Crippen LogP contribution in [0.15, 0.2) is 0 Å². The van der Waals surface area contributed by atoms with Crippen LogP contribution in [0.5, 0.6) is 0 Å². The summed E-state index contributed by atoms with van der Waals surface area (Å²) in [6, 6.07) is 2.78. The third-order valence-corrected chi connectivity index (χ3v) is 4.37. The number of nitrogens with zero attached hydrogens (tertiary/aromatic N) is 2. The minimum absolute atomic E-state index is 0.356. The number of morpholine rings is 1. The smallest absolute Gasteiger partial charge is 0.104 e. The normalized spacial score (nSPS) is 29.4. The fourth-order valence-electron chi connectivity index (χ4n) is 3.49. The molecule has 2 rings (SSSR count). The van der Waals surface area contributed by atoms with Gasteiger partial charge in [-0.3, -0.25) is 10.2 Å². The van der Waals surface area contributed by atoms with Crippen LogP contribution in [-0.4, -0.2) is 48.3 Å². The van der Waals surface area contributed by atoms with E-state index in [-0.39, 0.29) is 5.54 Å². The number of likely N-dealkylation sites (tertiary alicyclic amines) is 1. The van der Waals surface area contributed by atoms with Crippen LogP contribution in [0.1, 0.15) is 52.9 Å². The van der Waals surface area contributed by atoms with Crippen LogP contribution in [0.25, 0.3) is 0 Å². The van der Waals surface area contributed by atoms with Crippen LogP contribution in [0, 0.1) is 11.3 Å². The summed E-state index contributed by atoms with van der Waals surface area (Å²) in [5, 5.41) is 12.7. The molecule has 4 nitrogen and oxygen atoms in total. The molecule has 2 bridgehead atoms. The Hall–Kier alpha value is -0.630. The van der Waals surface area contributed by atoms with Gasteiger partial charge in [-0.1, -0.05) is 0 Å². The highest BCUT2D eigenvalue weighted by molar-refractivity contribution is 5.04.